The van der Waals surface area contributed by atoms with Gasteiger partial charge in [-0.2, -0.15) is 0 Å². The summed E-state index contributed by atoms with van der Waals surface area (Å²) in [5.74, 6) is 3.28. The van der Waals surface area contributed by atoms with Crippen LogP contribution < -0.4 is 23.6 Å². The Labute approximate surface area is 80.4 Å². The van der Waals surface area contributed by atoms with E-state index in [9.17, 15) is 0 Å². The van der Waals surface area contributed by atoms with Crippen molar-refractivity contribution >= 4 is 0 Å². The van der Waals surface area contributed by atoms with E-state index in [1.807, 2.05) is 24.3 Å². The van der Waals surface area contributed by atoms with Crippen LogP contribution in [0.5, 0.6) is 5.75 Å². The fourth-order valence-electron chi connectivity index (χ4n) is 0.764. The Bertz CT molecular complexity index is 267. The van der Waals surface area contributed by atoms with Crippen molar-refractivity contribution in [3.63, 3.8) is 0 Å². The van der Waals surface area contributed by atoms with Gasteiger partial charge in [0.2, 0.25) is 0 Å². The van der Waals surface area contributed by atoms with Crippen molar-refractivity contribution < 1.29 is 25.0 Å². The molecule has 0 unspecified atom stereocenters. The molecule has 0 heterocycles. The molecule has 1 aromatic rings. The maximum Gasteiger partial charge on any atom is 1.00 e. The van der Waals surface area contributed by atoms with Crippen molar-refractivity contribution in [1.82, 2.24) is 0 Å². The number of ether oxygens (including phenoxy) is 1. The first-order valence-corrected chi connectivity index (χ1v) is 2.98. The van der Waals surface area contributed by atoms with E-state index in [1.165, 1.54) is 0 Å². The summed E-state index contributed by atoms with van der Waals surface area (Å²) < 4.78 is 4.99. The fraction of sp³-hybridized carbons (Fsp3) is 0.111. The van der Waals surface area contributed by atoms with Crippen LogP contribution >= 0.6 is 0 Å². The fourth-order valence-corrected chi connectivity index (χ4v) is 0.764. The molecule has 0 aliphatic rings. The summed E-state index contributed by atoms with van der Waals surface area (Å²) in [5, 5.41) is 0. The zero-order valence-electron chi connectivity index (χ0n) is 7.79. The van der Waals surface area contributed by atoms with E-state index < -0.39 is 0 Å². The molecule has 52 valence electrons. The minimum absolute atomic E-state index is 0. The van der Waals surface area contributed by atoms with E-state index >= 15 is 0 Å². The maximum atomic E-state index is 5.20. The van der Waals surface area contributed by atoms with Crippen LogP contribution in [0, 0.1) is 12.3 Å². The molecule has 0 N–H and O–H groups in total. The number of methoxy groups -OCH3 is 1. The number of para-hydroxylation sites is 1. The Kier molecular flexibility index (Phi) is 4.54. The van der Waals surface area contributed by atoms with Gasteiger partial charge in [0.15, 0.2) is 0 Å². The van der Waals surface area contributed by atoms with E-state index in [1.54, 1.807) is 7.11 Å². The second-order valence-corrected chi connectivity index (χ2v) is 1.84. The summed E-state index contributed by atoms with van der Waals surface area (Å²) in [6, 6.07) is 7.46. The van der Waals surface area contributed by atoms with Crippen LogP contribution in [0.4, 0.5) is 0 Å². The molecule has 1 aromatic carbocycles. The third-order valence-corrected chi connectivity index (χ3v) is 1.26. The second-order valence-electron chi connectivity index (χ2n) is 1.84. The molecule has 0 radical (unpaired) electrons. The van der Waals surface area contributed by atoms with Crippen LogP contribution in [0.2, 0.25) is 0 Å². The molecular weight excluding hydrogens is 131 g/mol. The van der Waals surface area contributed by atoms with E-state index in [-0.39, 0.29) is 20.3 Å². The molecule has 2 heteroatoms. The summed E-state index contributed by atoms with van der Waals surface area (Å²) in [6.45, 7) is 0. The van der Waals surface area contributed by atoms with Gasteiger partial charge >= 0.3 is 18.9 Å². The van der Waals surface area contributed by atoms with E-state index in [0.717, 1.165) is 11.3 Å². The Hall–Kier alpha value is -0.823. The average Bonchev–Trinajstić information content (AvgIpc) is 2.04. The Morgan fingerprint density at radius 2 is 2.09 bits per heavy atom. The standard InChI is InChI=1S/C9H8O.Li.H/c1-3-8-6-4-5-7-9(8)10-2;;/h1,4-7H,2H3;;/q;+1;-1. The molecule has 11 heavy (non-hydrogen) atoms. The summed E-state index contributed by atoms with van der Waals surface area (Å²) in [6.07, 6.45) is 5.20. The molecule has 0 saturated carbocycles. The zero-order chi connectivity index (χ0) is 7.40. The molecule has 0 spiro atoms. The Balaban J connectivity index is 0. The monoisotopic (exact) mass is 140 g/mol. The minimum Gasteiger partial charge on any atom is -1.00 e. The van der Waals surface area contributed by atoms with Gasteiger partial charge in [-0.1, -0.05) is 18.1 Å². The second kappa shape index (κ2) is 4.91. The summed E-state index contributed by atoms with van der Waals surface area (Å²) in [7, 11) is 1.61. The normalized spacial score (nSPS) is 7.64. The third kappa shape index (κ3) is 2.35. The van der Waals surface area contributed by atoms with Gasteiger partial charge in [0.25, 0.3) is 0 Å². The predicted octanol–water partition coefficient (Wildman–Crippen LogP) is -1.21. The number of benzene rings is 1. The number of hydrogen-bond donors (Lipinski definition) is 0. The zero-order valence-corrected chi connectivity index (χ0v) is 6.79. The first kappa shape index (κ1) is 10.2. The number of rotatable bonds is 1. The van der Waals surface area contributed by atoms with Crippen LogP contribution in [0.1, 0.15) is 6.99 Å². The molecule has 0 bridgehead atoms. The van der Waals surface area contributed by atoms with Gasteiger partial charge in [-0.05, 0) is 12.1 Å². The predicted molar refractivity (Wildman–Crippen MR) is 42.0 cm³/mol. The van der Waals surface area contributed by atoms with Gasteiger partial charge in [-0.25, -0.2) is 0 Å². The van der Waals surface area contributed by atoms with Crippen molar-refractivity contribution in [2.75, 3.05) is 7.11 Å². The van der Waals surface area contributed by atoms with Gasteiger partial charge in [0, 0.05) is 0 Å². The first-order chi connectivity index (χ1) is 4.88. The van der Waals surface area contributed by atoms with Crippen LogP contribution in [0.15, 0.2) is 24.3 Å². The van der Waals surface area contributed by atoms with Crippen molar-refractivity contribution in [1.29, 1.82) is 0 Å². The van der Waals surface area contributed by atoms with Crippen molar-refractivity contribution in [3.8, 4) is 18.1 Å². The SMILES string of the molecule is C#Cc1ccccc1OC.[H-].[Li+]. The van der Waals surface area contributed by atoms with Crippen LogP contribution in [-0.4, -0.2) is 7.11 Å². The Morgan fingerprint density at radius 3 is 2.55 bits per heavy atom. The minimum atomic E-state index is 0. The Morgan fingerprint density at radius 1 is 1.45 bits per heavy atom. The van der Waals surface area contributed by atoms with Gasteiger partial charge < -0.3 is 6.16 Å². The largest absolute Gasteiger partial charge is 1.00 e. The third-order valence-electron chi connectivity index (χ3n) is 1.26. The molecule has 0 saturated heterocycles. The van der Waals surface area contributed by atoms with Gasteiger partial charge in [0.05, 0.1) is 12.7 Å². The topological polar surface area (TPSA) is 9.23 Å². The van der Waals surface area contributed by atoms with Crippen molar-refractivity contribution in [2.45, 2.75) is 0 Å². The van der Waals surface area contributed by atoms with Crippen LogP contribution in [0.25, 0.3) is 0 Å². The van der Waals surface area contributed by atoms with E-state index in [4.69, 9.17) is 11.2 Å². The van der Waals surface area contributed by atoms with Gasteiger partial charge in [-0.3, -0.25) is 0 Å². The number of hydrogen-bond acceptors (Lipinski definition) is 1. The average molecular weight is 140 g/mol. The maximum absolute atomic E-state index is 5.20. The first-order valence-electron chi connectivity index (χ1n) is 2.98. The number of terminal acetylenes is 1. The summed E-state index contributed by atoms with van der Waals surface area (Å²) >= 11 is 0. The van der Waals surface area contributed by atoms with E-state index in [2.05, 4.69) is 5.92 Å². The molecule has 1 rings (SSSR count). The van der Waals surface area contributed by atoms with Crippen LogP contribution in [-0.2, 0) is 0 Å². The molecule has 0 aliphatic heterocycles. The van der Waals surface area contributed by atoms with Gasteiger partial charge in [0.1, 0.15) is 5.75 Å². The smallest absolute Gasteiger partial charge is 1.00 e. The quantitative estimate of drug-likeness (QED) is 0.351. The molecule has 0 amide bonds. The summed E-state index contributed by atoms with van der Waals surface area (Å²) in [5.41, 5.74) is 0.796. The van der Waals surface area contributed by atoms with Crippen molar-refractivity contribution in [2.24, 2.45) is 0 Å². The molecular formula is C9H9LiO. The molecule has 1 nitrogen and oxygen atoms in total. The molecule has 0 fully saturated rings. The van der Waals surface area contributed by atoms with Gasteiger partial charge in [-0.15, -0.1) is 6.42 Å². The summed E-state index contributed by atoms with van der Waals surface area (Å²) in [4.78, 5) is 0. The van der Waals surface area contributed by atoms with E-state index in [0.29, 0.717) is 0 Å². The molecule has 0 aliphatic carbocycles. The van der Waals surface area contributed by atoms with Crippen LogP contribution in [0.3, 0.4) is 0 Å². The molecule has 0 atom stereocenters. The van der Waals surface area contributed by atoms with Crippen molar-refractivity contribution in [3.05, 3.63) is 29.8 Å². The molecule has 0 aromatic heterocycles.